The van der Waals surface area contributed by atoms with E-state index >= 15 is 0 Å². The third kappa shape index (κ3) is 4.70. The van der Waals surface area contributed by atoms with Gasteiger partial charge in [-0.2, -0.15) is 13.2 Å². The summed E-state index contributed by atoms with van der Waals surface area (Å²) in [5.74, 6) is -1.04. The number of likely N-dealkylation sites (tertiary alicyclic amines) is 1. The maximum absolute atomic E-state index is 12.2. The van der Waals surface area contributed by atoms with Gasteiger partial charge in [0.15, 0.2) is 0 Å². The molecule has 0 bridgehead atoms. The van der Waals surface area contributed by atoms with E-state index < -0.39 is 36.7 Å². The van der Waals surface area contributed by atoms with Gasteiger partial charge >= 0.3 is 12.1 Å². The van der Waals surface area contributed by atoms with Crippen LogP contribution >= 0.6 is 0 Å². The molecule has 0 radical (unpaired) electrons. The number of ether oxygens (including phenoxy) is 1. The van der Waals surface area contributed by atoms with Gasteiger partial charge in [0, 0.05) is 19.0 Å². The molecule has 0 aliphatic carbocycles. The fourth-order valence-corrected chi connectivity index (χ4v) is 2.03. The Balaban J connectivity index is 2.54. The molecule has 1 aliphatic rings. The Hall–Kier alpha value is -1.31. The van der Waals surface area contributed by atoms with E-state index in [2.05, 4.69) is 10.1 Å². The normalized spacial score (nSPS) is 21.6. The van der Waals surface area contributed by atoms with Crippen molar-refractivity contribution in [3.63, 3.8) is 0 Å². The van der Waals surface area contributed by atoms with Crippen LogP contribution in [0.4, 0.5) is 13.2 Å². The van der Waals surface area contributed by atoms with Crippen molar-refractivity contribution in [2.45, 2.75) is 38.0 Å². The molecule has 8 heteroatoms. The van der Waals surface area contributed by atoms with E-state index in [-0.39, 0.29) is 13.0 Å². The van der Waals surface area contributed by atoms with Crippen LogP contribution in [0.15, 0.2) is 0 Å². The van der Waals surface area contributed by atoms with E-state index in [1.165, 1.54) is 7.11 Å². The highest BCUT2D eigenvalue weighted by Gasteiger charge is 2.39. The minimum atomic E-state index is -4.41. The van der Waals surface area contributed by atoms with Crippen molar-refractivity contribution in [3.8, 4) is 0 Å². The second-order valence-electron chi connectivity index (χ2n) is 4.44. The van der Waals surface area contributed by atoms with Crippen molar-refractivity contribution in [3.05, 3.63) is 0 Å². The first kappa shape index (κ1) is 15.7. The lowest BCUT2D eigenvalue weighted by Gasteiger charge is -2.21. The largest absolute Gasteiger partial charge is 0.468 e. The van der Waals surface area contributed by atoms with Crippen molar-refractivity contribution in [1.82, 2.24) is 10.2 Å². The van der Waals surface area contributed by atoms with Gasteiger partial charge in [0.2, 0.25) is 5.91 Å². The van der Waals surface area contributed by atoms with Crippen LogP contribution in [-0.4, -0.2) is 55.2 Å². The van der Waals surface area contributed by atoms with E-state index in [0.717, 1.165) is 4.90 Å². The van der Waals surface area contributed by atoms with Crippen LogP contribution in [-0.2, 0) is 14.3 Å². The summed E-state index contributed by atoms with van der Waals surface area (Å²) in [6.45, 7) is 0.448. The molecule has 0 unspecified atom stereocenters. The quantitative estimate of drug-likeness (QED) is 0.754. The Morgan fingerprint density at radius 2 is 2.21 bits per heavy atom. The number of nitrogens with one attached hydrogen (secondary N) is 1. The molecular formula is C11H17F3N2O3. The van der Waals surface area contributed by atoms with Crippen molar-refractivity contribution >= 4 is 11.9 Å². The Morgan fingerprint density at radius 1 is 1.58 bits per heavy atom. The topological polar surface area (TPSA) is 58.6 Å². The zero-order valence-electron chi connectivity index (χ0n) is 10.8. The van der Waals surface area contributed by atoms with Gasteiger partial charge in [0.1, 0.15) is 12.6 Å². The summed E-state index contributed by atoms with van der Waals surface area (Å²) in [6, 6.07) is -1.06. The lowest BCUT2D eigenvalue weighted by atomic mass is 10.1. The van der Waals surface area contributed by atoms with E-state index in [9.17, 15) is 22.8 Å². The molecule has 0 spiro atoms. The molecule has 1 amide bonds. The van der Waals surface area contributed by atoms with Crippen molar-refractivity contribution < 1.29 is 27.5 Å². The molecule has 1 saturated heterocycles. The van der Waals surface area contributed by atoms with Crippen molar-refractivity contribution in [2.24, 2.45) is 0 Å². The van der Waals surface area contributed by atoms with Crippen molar-refractivity contribution in [2.75, 3.05) is 20.2 Å². The molecular weight excluding hydrogens is 265 g/mol. The molecule has 1 rings (SSSR count). The first-order valence-corrected chi connectivity index (χ1v) is 5.95. The summed E-state index contributed by atoms with van der Waals surface area (Å²) in [6.07, 6.45) is -4.00. The number of halogens is 3. The number of alkyl halides is 3. The fraction of sp³-hybridized carbons (Fsp3) is 0.818. The summed E-state index contributed by atoms with van der Waals surface area (Å²) >= 11 is 0. The second-order valence-corrected chi connectivity index (χ2v) is 4.44. The Labute approximate surface area is 109 Å². The predicted molar refractivity (Wildman–Crippen MR) is 60.3 cm³/mol. The highest BCUT2D eigenvalue weighted by Crippen LogP contribution is 2.21. The highest BCUT2D eigenvalue weighted by molar-refractivity contribution is 5.80. The van der Waals surface area contributed by atoms with Gasteiger partial charge in [-0.15, -0.1) is 0 Å². The number of esters is 1. The summed E-state index contributed by atoms with van der Waals surface area (Å²) in [5, 5.41) is 2.86. The third-order valence-corrected chi connectivity index (χ3v) is 2.92. The minimum absolute atomic E-state index is 0.0381. The maximum atomic E-state index is 12.2. The van der Waals surface area contributed by atoms with Gasteiger partial charge in [-0.3, -0.25) is 14.9 Å². The standard InChI is InChI=1S/C11H17F3N2O3/c1-3-8(10(18)19-2)15-7-4-9(17)16(5-7)6-11(12,13)14/h7-8,15H,3-6H2,1-2H3/t7-,8+/m1/s1. The molecule has 1 N–H and O–H groups in total. The van der Waals surface area contributed by atoms with E-state index in [0.29, 0.717) is 6.42 Å². The highest BCUT2D eigenvalue weighted by atomic mass is 19.4. The molecule has 0 aromatic rings. The van der Waals surface area contributed by atoms with Crippen LogP contribution in [0, 0.1) is 0 Å². The maximum Gasteiger partial charge on any atom is 0.406 e. The Morgan fingerprint density at radius 3 is 2.68 bits per heavy atom. The lowest BCUT2D eigenvalue weighted by molar-refractivity contribution is -0.157. The lowest BCUT2D eigenvalue weighted by Crippen LogP contribution is -2.45. The summed E-state index contributed by atoms with van der Waals surface area (Å²) < 4.78 is 41.3. The van der Waals surface area contributed by atoms with Gasteiger partial charge in [-0.05, 0) is 6.42 Å². The van der Waals surface area contributed by atoms with Gasteiger partial charge in [0.05, 0.1) is 7.11 Å². The van der Waals surface area contributed by atoms with Crippen LogP contribution in [0.5, 0.6) is 0 Å². The van der Waals surface area contributed by atoms with E-state index in [4.69, 9.17) is 0 Å². The molecule has 0 aromatic carbocycles. The summed E-state index contributed by atoms with van der Waals surface area (Å²) in [4.78, 5) is 23.6. The van der Waals surface area contributed by atoms with E-state index in [1.807, 2.05) is 0 Å². The zero-order valence-corrected chi connectivity index (χ0v) is 10.8. The number of hydrogen-bond donors (Lipinski definition) is 1. The number of carbonyl (C=O) groups excluding carboxylic acids is 2. The Kier molecular flexibility index (Phi) is 5.16. The molecule has 19 heavy (non-hydrogen) atoms. The number of hydrogen-bond acceptors (Lipinski definition) is 4. The van der Waals surface area contributed by atoms with Gasteiger partial charge in [-0.25, -0.2) is 0 Å². The van der Waals surface area contributed by atoms with Gasteiger partial charge in [-0.1, -0.05) is 6.92 Å². The van der Waals surface area contributed by atoms with Crippen LogP contribution in [0.3, 0.4) is 0 Å². The minimum Gasteiger partial charge on any atom is -0.468 e. The summed E-state index contributed by atoms with van der Waals surface area (Å²) in [7, 11) is 1.24. The molecule has 1 heterocycles. The molecule has 5 nitrogen and oxygen atoms in total. The number of methoxy groups -OCH3 is 1. The van der Waals surface area contributed by atoms with Gasteiger partial charge in [0.25, 0.3) is 0 Å². The monoisotopic (exact) mass is 282 g/mol. The first-order chi connectivity index (χ1) is 8.76. The van der Waals surface area contributed by atoms with Crippen LogP contribution in [0.1, 0.15) is 19.8 Å². The fourth-order valence-electron chi connectivity index (χ4n) is 2.03. The molecule has 0 saturated carbocycles. The number of carbonyl (C=O) groups is 2. The van der Waals surface area contributed by atoms with Crippen molar-refractivity contribution in [1.29, 1.82) is 0 Å². The molecule has 1 fully saturated rings. The van der Waals surface area contributed by atoms with Crippen LogP contribution < -0.4 is 5.32 Å². The van der Waals surface area contributed by atoms with E-state index in [1.54, 1.807) is 6.92 Å². The zero-order chi connectivity index (χ0) is 14.6. The number of rotatable bonds is 5. The first-order valence-electron chi connectivity index (χ1n) is 5.95. The molecule has 1 aliphatic heterocycles. The number of amides is 1. The Bertz CT molecular complexity index is 347. The summed E-state index contributed by atoms with van der Waals surface area (Å²) in [5.41, 5.74) is 0. The second kappa shape index (κ2) is 6.23. The molecule has 0 aromatic heterocycles. The SMILES string of the molecule is CC[C@H](N[C@@H]1CC(=O)N(CC(F)(F)F)C1)C(=O)OC. The average molecular weight is 282 g/mol. The van der Waals surface area contributed by atoms with Crippen LogP contribution in [0.25, 0.3) is 0 Å². The van der Waals surface area contributed by atoms with Gasteiger partial charge < -0.3 is 9.64 Å². The predicted octanol–water partition coefficient (Wildman–Crippen LogP) is 0.691. The third-order valence-electron chi connectivity index (χ3n) is 2.92. The average Bonchev–Trinajstić information content (AvgIpc) is 2.63. The van der Waals surface area contributed by atoms with Crippen LogP contribution in [0.2, 0.25) is 0 Å². The number of nitrogens with zero attached hydrogens (tertiary/aromatic N) is 1. The molecule has 110 valence electrons. The molecule has 2 atom stereocenters. The smallest absolute Gasteiger partial charge is 0.406 e.